The molecule has 0 bridgehead atoms. The molecule has 19 heavy (non-hydrogen) atoms. The lowest BCUT2D eigenvalue weighted by Gasteiger charge is -2.23. The molecule has 0 aromatic carbocycles. The summed E-state index contributed by atoms with van der Waals surface area (Å²) in [5, 5.41) is 3.32. The molecular formula is C12H19F3N2O2. The van der Waals surface area contributed by atoms with Gasteiger partial charge in [0.2, 0.25) is 5.91 Å². The Kier molecular flexibility index (Phi) is 4.67. The lowest BCUT2D eigenvalue weighted by Crippen LogP contribution is -2.41. The Labute approximate surface area is 110 Å². The number of halogens is 3. The Balaban J connectivity index is 1.65. The minimum Gasteiger partial charge on any atom is -0.372 e. The molecule has 0 aliphatic carbocycles. The normalized spacial score (nSPS) is 27.7. The molecule has 2 aliphatic heterocycles. The number of nitrogens with one attached hydrogen (secondary N) is 1. The van der Waals surface area contributed by atoms with E-state index in [0.29, 0.717) is 19.5 Å². The number of nitrogens with zero attached hydrogens (tertiary/aromatic N) is 1. The van der Waals surface area contributed by atoms with Gasteiger partial charge in [0.15, 0.2) is 0 Å². The quantitative estimate of drug-likeness (QED) is 0.769. The van der Waals surface area contributed by atoms with Crippen LogP contribution in [-0.2, 0) is 9.53 Å². The Morgan fingerprint density at radius 3 is 2.89 bits per heavy atom. The van der Waals surface area contributed by atoms with Gasteiger partial charge in [-0.15, -0.1) is 0 Å². The molecule has 110 valence electrons. The minimum absolute atomic E-state index is 0.0338. The van der Waals surface area contributed by atoms with E-state index in [1.165, 1.54) is 0 Å². The summed E-state index contributed by atoms with van der Waals surface area (Å²) in [6.45, 7) is 0.908. The molecule has 4 nitrogen and oxygen atoms in total. The summed E-state index contributed by atoms with van der Waals surface area (Å²) in [4.78, 5) is 13.8. The van der Waals surface area contributed by atoms with Gasteiger partial charge in [-0.3, -0.25) is 4.79 Å². The van der Waals surface area contributed by atoms with Crippen LogP contribution in [-0.4, -0.2) is 55.9 Å². The van der Waals surface area contributed by atoms with Gasteiger partial charge in [0.1, 0.15) is 6.61 Å². The Morgan fingerprint density at radius 1 is 1.42 bits per heavy atom. The highest BCUT2D eigenvalue weighted by Crippen LogP contribution is 2.26. The van der Waals surface area contributed by atoms with Crippen LogP contribution in [0.4, 0.5) is 13.2 Å². The second-order valence-electron chi connectivity index (χ2n) is 5.11. The molecule has 0 radical (unpaired) electrons. The van der Waals surface area contributed by atoms with Crippen LogP contribution in [0.25, 0.3) is 0 Å². The van der Waals surface area contributed by atoms with Gasteiger partial charge in [-0.05, 0) is 25.8 Å². The zero-order chi connectivity index (χ0) is 13.9. The first-order valence-electron chi connectivity index (χ1n) is 6.64. The maximum atomic E-state index is 12.0. The first-order valence-corrected chi connectivity index (χ1v) is 6.64. The van der Waals surface area contributed by atoms with Crippen molar-refractivity contribution in [3.05, 3.63) is 0 Å². The number of carbonyl (C=O) groups is 1. The van der Waals surface area contributed by atoms with Gasteiger partial charge >= 0.3 is 6.18 Å². The van der Waals surface area contributed by atoms with Crippen molar-refractivity contribution in [2.45, 2.75) is 31.5 Å². The summed E-state index contributed by atoms with van der Waals surface area (Å²) >= 11 is 0. The molecule has 2 saturated heterocycles. The van der Waals surface area contributed by atoms with E-state index < -0.39 is 12.8 Å². The number of amides is 1. The zero-order valence-corrected chi connectivity index (χ0v) is 10.7. The van der Waals surface area contributed by atoms with E-state index in [9.17, 15) is 18.0 Å². The topological polar surface area (TPSA) is 41.6 Å². The molecular weight excluding hydrogens is 261 g/mol. The Bertz CT molecular complexity index is 323. The highest BCUT2D eigenvalue weighted by Gasteiger charge is 2.40. The highest BCUT2D eigenvalue weighted by atomic mass is 19.4. The predicted octanol–water partition coefficient (Wildman–Crippen LogP) is 1.17. The van der Waals surface area contributed by atoms with Gasteiger partial charge < -0.3 is 15.0 Å². The summed E-state index contributed by atoms with van der Waals surface area (Å²) in [7, 11) is 0. The zero-order valence-electron chi connectivity index (χ0n) is 10.7. The molecule has 2 aliphatic rings. The number of alkyl halides is 3. The van der Waals surface area contributed by atoms with E-state index in [-0.39, 0.29) is 24.5 Å². The first kappa shape index (κ1) is 14.6. The number of hydrogen-bond acceptors (Lipinski definition) is 3. The van der Waals surface area contributed by atoms with Crippen LogP contribution in [0.15, 0.2) is 0 Å². The summed E-state index contributed by atoms with van der Waals surface area (Å²) in [6.07, 6.45) is -1.91. The predicted molar refractivity (Wildman–Crippen MR) is 62.6 cm³/mol. The lowest BCUT2D eigenvalue weighted by molar-refractivity contribution is -0.174. The smallest absolute Gasteiger partial charge is 0.372 e. The molecule has 7 heteroatoms. The number of ether oxygens (including phenoxy) is 1. The van der Waals surface area contributed by atoms with E-state index in [1.54, 1.807) is 4.90 Å². The lowest BCUT2D eigenvalue weighted by atomic mass is 9.94. The van der Waals surface area contributed by atoms with Crippen molar-refractivity contribution in [2.24, 2.45) is 5.92 Å². The second kappa shape index (κ2) is 6.09. The maximum Gasteiger partial charge on any atom is 0.411 e. The molecule has 0 saturated carbocycles. The average Bonchev–Trinajstić information content (AvgIpc) is 2.65. The van der Waals surface area contributed by atoms with Crippen molar-refractivity contribution in [2.75, 3.05) is 32.8 Å². The average molecular weight is 280 g/mol. The third-order valence-corrected chi connectivity index (χ3v) is 3.61. The highest BCUT2D eigenvalue weighted by molar-refractivity contribution is 5.82. The number of carbonyl (C=O) groups excluding carboxylic acids is 1. The molecule has 2 rings (SSSR count). The molecule has 2 atom stereocenters. The van der Waals surface area contributed by atoms with Crippen LogP contribution in [0.2, 0.25) is 0 Å². The third kappa shape index (κ3) is 4.07. The SMILES string of the molecule is O=C1C2CCCNC2CN1CCCOCC(F)(F)F. The van der Waals surface area contributed by atoms with Crippen LogP contribution < -0.4 is 5.32 Å². The standard InChI is InChI=1S/C12H19F3N2O2/c13-12(14,15)8-19-6-2-5-17-7-10-9(11(17)18)3-1-4-16-10/h9-10,16H,1-8H2. The van der Waals surface area contributed by atoms with Crippen molar-refractivity contribution in [3.63, 3.8) is 0 Å². The summed E-state index contributed by atoms with van der Waals surface area (Å²) in [6, 6.07) is 0.220. The fraction of sp³-hybridized carbons (Fsp3) is 0.917. The summed E-state index contributed by atoms with van der Waals surface area (Å²) in [5.41, 5.74) is 0. The monoisotopic (exact) mass is 280 g/mol. The fourth-order valence-electron chi connectivity index (χ4n) is 2.75. The van der Waals surface area contributed by atoms with Gasteiger partial charge in [-0.2, -0.15) is 13.2 Å². The molecule has 2 heterocycles. The van der Waals surface area contributed by atoms with Crippen molar-refractivity contribution in [1.82, 2.24) is 10.2 Å². The molecule has 2 unspecified atom stereocenters. The third-order valence-electron chi connectivity index (χ3n) is 3.61. The fourth-order valence-corrected chi connectivity index (χ4v) is 2.75. The van der Waals surface area contributed by atoms with Gasteiger partial charge in [-0.25, -0.2) is 0 Å². The van der Waals surface area contributed by atoms with Crippen LogP contribution in [0.5, 0.6) is 0 Å². The van der Waals surface area contributed by atoms with Crippen molar-refractivity contribution in [3.8, 4) is 0 Å². The molecule has 0 aromatic heterocycles. The number of rotatable bonds is 5. The van der Waals surface area contributed by atoms with Gasteiger partial charge in [0.25, 0.3) is 0 Å². The van der Waals surface area contributed by atoms with E-state index in [4.69, 9.17) is 0 Å². The number of piperidine rings is 1. The molecule has 1 N–H and O–H groups in total. The largest absolute Gasteiger partial charge is 0.411 e. The van der Waals surface area contributed by atoms with Crippen molar-refractivity contribution < 1.29 is 22.7 Å². The van der Waals surface area contributed by atoms with Gasteiger partial charge in [0, 0.05) is 25.7 Å². The van der Waals surface area contributed by atoms with Crippen LogP contribution in [0.1, 0.15) is 19.3 Å². The molecule has 2 fully saturated rings. The Morgan fingerprint density at radius 2 is 2.21 bits per heavy atom. The molecule has 0 spiro atoms. The van der Waals surface area contributed by atoms with Gasteiger partial charge in [0.05, 0.1) is 5.92 Å². The second-order valence-corrected chi connectivity index (χ2v) is 5.11. The van der Waals surface area contributed by atoms with Crippen LogP contribution in [0, 0.1) is 5.92 Å². The van der Waals surface area contributed by atoms with Gasteiger partial charge in [-0.1, -0.05) is 0 Å². The first-order chi connectivity index (χ1) is 8.97. The number of hydrogen-bond donors (Lipinski definition) is 1. The maximum absolute atomic E-state index is 12.0. The van der Waals surface area contributed by atoms with Crippen molar-refractivity contribution >= 4 is 5.91 Å². The van der Waals surface area contributed by atoms with E-state index >= 15 is 0 Å². The van der Waals surface area contributed by atoms with Crippen LogP contribution in [0.3, 0.4) is 0 Å². The van der Waals surface area contributed by atoms with E-state index in [1.807, 2.05) is 0 Å². The minimum atomic E-state index is -4.28. The van der Waals surface area contributed by atoms with E-state index in [2.05, 4.69) is 10.1 Å². The van der Waals surface area contributed by atoms with Crippen LogP contribution >= 0.6 is 0 Å². The molecule has 1 amide bonds. The van der Waals surface area contributed by atoms with E-state index in [0.717, 1.165) is 19.4 Å². The number of fused-ring (bicyclic) bond motifs is 1. The van der Waals surface area contributed by atoms with Crippen molar-refractivity contribution in [1.29, 1.82) is 0 Å². The summed E-state index contributed by atoms with van der Waals surface area (Å²) in [5.74, 6) is 0.192. The molecule has 0 aromatic rings. The number of likely N-dealkylation sites (tertiary alicyclic amines) is 1. The Hall–Kier alpha value is -0.820. The summed E-state index contributed by atoms with van der Waals surface area (Å²) < 4.78 is 40.1.